The van der Waals surface area contributed by atoms with Gasteiger partial charge in [0.05, 0.1) is 5.69 Å². The van der Waals surface area contributed by atoms with Crippen LogP contribution in [0.5, 0.6) is 0 Å². The number of piperidine rings is 1. The predicted molar refractivity (Wildman–Crippen MR) is 175 cm³/mol. The number of halogens is 3. The second-order valence-corrected chi connectivity index (χ2v) is 14.5. The lowest BCUT2D eigenvalue weighted by atomic mass is 10.1. The van der Waals surface area contributed by atoms with Crippen LogP contribution in [0.2, 0.25) is 0 Å². The Bertz CT molecular complexity index is 1770. The summed E-state index contributed by atoms with van der Waals surface area (Å²) in [4.78, 5) is 17.6. The third kappa shape index (κ3) is 7.99. The molecular weight excluding hydrogens is 656 g/mol. The number of aryl methyl sites for hydroxylation is 4. The number of hydrogen-bond donors (Lipinski definition) is 1. The molecule has 2 heterocycles. The summed E-state index contributed by atoms with van der Waals surface area (Å²) in [5.41, 5.74) is -1.27. The highest BCUT2D eigenvalue weighted by molar-refractivity contribution is 8.00. The van der Waals surface area contributed by atoms with Gasteiger partial charge in [-0.3, -0.25) is 4.72 Å². The maximum absolute atomic E-state index is 13.4. The van der Waals surface area contributed by atoms with Crippen LogP contribution < -0.4 is 9.62 Å². The molecule has 0 unspecified atom stereocenters. The Morgan fingerprint density at radius 2 is 1.28 bits per heavy atom. The van der Waals surface area contributed by atoms with E-state index in [9.17, 15) is 21.6 Å². The summed E-state index contributed by atoms with van der Waals surface area (Å²) in [6.07, 6.45) is 2.90. The quantitative estimate of drug-likeness (QED) is 0.174. The van der Waals surface area contributed by atoms with Gasteiger partial charge in [0, 0.05) is 28.6 Å². The summed E-state index contributed by atoms with van der Waals surface area (Å²) in [5.74, 6) is -0.0813. The highest BCUT2D eigenvalue weighted by atomic mass is 32.2. The summed E-state index contributed by atoms with van der Waals surface area (Å²) in [7, 11) is -5.72. The van der Waals surface area contributed by atoms with Gasteiger partial charge in [-0.05, 0) is 111 Å². The Balaban J connectivity index is 1.55. The monoisotopic (exact) mass is 687 g/mol. The van der Waals surface area contributed by atoms with Gasteiger partial charge in [-0.25, -0.2) is 0 Å². The number of anilines is 2. The van der Waals surface area contributed by atoms with E-state index in [1.54, 1.807) is 10.8 Å². The lowest BCUT2D eigenvalue weighted by Gasteiger charge is -2.29. The van der Waals surface area contributed by atoms with Crippen molar-refractivity contribution >= 4 is 56.6 Å². The molecule has 0 radical (unpaired) electrons. The third-order valence-electron chi connectivity index (χ3n) is 7.28. The number of hydrogen-bond acceptors (Lipinski definition) is 10. The van der Waals surface area contributed by atoms with E-state index in [4.69, 9.17) is 0 Å². The zero-order valence-corrected chi connectivity index (χ0v) is 28.0. The number of benzene rings is 3. The predicted octanol–water partition coefficient (Wildman–Crippen LogP) is 9.07. The number of alkyl halides is 3. The SMILES string of the molecule is Cc1cccc(C)c1Sc1nc(N=Nc2ccc(N3CCCCC3)cc2NS(=O)(=O)C(F)(F)F)nc(Sc2c(C)cccc2C)n1. The zero-order chi connectivity index (χ0) is 33.1. The normalized spacial score (nSPS) is 14.2. The van der Waals surface area contributed by atoms with Gasteiger partial charge in [-0.15, -0.1) is 10.2 Å². The van der Waals surface area contributed by atoms with E-state index in [0.717, 1.165) is 51.3 Å². The van der Waals surface area contributed by atoms with E-state index >= 15 is 0 Å². The molecule has 1 N–H and O–H groups in total. The van der Waals surface area contributed by atoms with Crippen LogP contribution in [-0.4, -0.2) is 42.0 Å². The maximum atomic E-state index is 13.4. The average Bonchev–Trinajstić information content (AvgIpc) is 3.00. The molecule has 5 rings (SSSR count). The van der Waals surface area contributed by atoms with Gasteiger partial charge in [-0.2, -0.15) is 36.5 Å². The standard InChI is InChI=1S/C31H32F3N7O2S3/c1-19-10-8-11-20(2)26(19)44-29-35-28(36-30(37-29)45-27-21(3)12-9-13-22(27)4)39-38-24-15-14-23(41-16-6-5-7-17-41)18-25(24)40-46(42,43)31(32,33)34/h8-15,18,40H,5-7,16-17H2,1-4H3. The first-order chi connectivity index (χ1) is 21.8. The van der Waals surface area contributed by atoms with Crippen molar-refractivity contribution in [3.8, 4) is 0 Å². The van der Waals surface area contributed by atoms with E-state index in [2.05, 4.69) is 25.2 Å². The first-order valence-electron chi connectivity index (χ1n) is 14.4. The number of azo groups is 1. The van der Waals surface area contributed by atoms with Gasteiger partial charge in [0.15, 0.2) is 10.3 Å². The molecular formula is C31H32F3N7O2S3. The minimum Gasteiger partial charge on any atom is -0.371 e. The molecule has 46 heavy (non-hydrogen) atoms. The average molecular weight is 688 g/mol. The zero-order valence-electron chi connectivity index (χ0n) is 25.6. The summed E-state index contributed by atoms with van der Waals surface area (Å²) < 4.78 is 66.0. The minimum absolute atomic E-state index is 0.0813. The van der Waals surface area contributed by atoms with Crippen LogP contribution >= 0.6 is 23.5 Å². The van der Waals surface area contributed by atoms with Gasteiger partial charge < -0.3 is 4.90 Å². The van der Waals surface area contributed by atoms with Crippen LogP contribution in [0.15, 0.2) is 84.9 Å². The van der Waals surface area contributed by atoms with Crippen LogP contribution in [0.1, 0.15) is 41.5 Å². The fourth-order valence-corrected chi connectivity index (χ4v) is 7.34. The molecule has 242 valence electrons. The second-order valence-electron chi connectivity index (χ2n) is 10.8. The number of sulfonamides is 1. The van der Waals surface area contributed by atoms with E-state index < -0.39 is 15.5 Å². The van der Waals surface area contributed by atoms with Crippen molar-refractivity contribution in [2.24, 2.45) is 10.2 Å². The molecule has 15 heteroatoms. The number of aromatic nitrogens is 3. The Kier molecular flexibility index (Phi) is 10.2. The molecule has 0 atom stereocenters. The Hall–Kier alpha value is -3.69. The van der Waals surface area contributed by atoms with Crippen molar-refractivity contribution in [1.29, 1.82) is 0 Å². The van der Waals surface area contributed by atoms with E-state index in [1.165, 1.54) is 35.7 Å². The van der Waals surface area contributed by atoms with Crippen LogP contribution in [0, 0.1) is 27.7 Å². The van der Waals surface area contributed by atoms with Crippen LogP contribution in [0.4, 0.5) is 36.2 Å². The first kappa shape index (κ1) is 33.7. The molecule has 1 fully saturated rings. The Labute approximate surface area is 274 Å². The molecule has 3 aromatic carbocycles. The summed E-state index contributed by atoms with van der Waals surface area (Å²) in [5, 5.41) is 9.02. The molecule has 0 spiro atoms. The fourth-order valence-electron chi connectivity index (χ4n) is 4.91. The van der Waals surface area contributed by atoms with Gasteiger partial charge in [0.2, 0.25) is 0 Å². The first-order valence-corrected chi connectivity index (χ1v) is 17.6. The lowest BCUT2D eigenvalue weighted by molar-refractivity contribution is -0.0429. The number of nitrogens with zero attached hydrogens (tertiary/aromatic N) is 6. The Morgan fingerprint density at radius 3 is 1.78 bits per heavy atom. The summed E-state index contributed by atoms with van der Waals surface area (Å²) in [6, 6.07) is 16.3. The highest BCUT2D eigenvalue weighted by Gasteiger charge is 2.46. The van der Waals surface area contributed by atoms with Gasteiger partial charge in [0.25, 0.3) is 5.95 Å². The van der Waals surface area contributed by atoms with Crippen molar-refractivity contribution < 1.29 is 21.6 Å². The molecule has 0 saturated carbocycles. The lowest BCUT2D eigenvalue weighted by Crippen LogP contribution is -2.31. The molecule has 9 nitrogen and oxygen atoms in total. The summed E-state index contributed by atoms with van der Waals surface area (Å²) >= 11 is 2.68. The van der Waals surface area contributed by atoms with Gasteiger partial charge >= 0.3 is 15.5 Å². The molecule has 4 aromatic rings. The van der Waals surface area contributed by atoms with Gasteiger partial charge in [0.1, 0.15) is 5.69 Å². The molecule has 1 aliphatic rings. The van der Waals surface area contributed by atoms with Crippen molar-refractivity contribution in [2.75, 3.05) is 22.7 Å². The van der Waals surface area contributed by atoms with E-state index in [1.807, 2.05) is 69.0 Å². The second kappa shape index (κ2) is 14.0. The van der Waals surface area contributed by atoms with E-state index in [-0.39, 0.29) is 17.3 Å². The molecule has 0 amide bonds. The van der Waals surface area contributed by atoms with Crippen molar-refractivity contribution in [3.05, 3.63) is 76.9 Å². The van der Waals surface area contributed by atoms with Gasteiger partial charge in [-0.1, -0.05) is 36.4 Å². The topological polar surface area (TPSA) is 113 Å². The smallest absolute Gasteiger partial charge is 0.371 e. The number of rotatable bonds is 9. The van der Waals surface area contributed by atoms with Crippen molar-refractivity contribution in [2.45, 2.75) is 72.6 Å². The summed E-state index contributed by atoms with van der Waals surface area (Å²) in [6.45, 7) is 9.36. The number of nitrogens with one attached hydrogen (secondary N) is 1. The maximum Gasteiger partial charge on any atom is 0.516 e. The molecule has 0 bridgehead atoms. The highest BCUT2D eigenvalue weighted by Crippen LogP contribution is 2.38. The molecule has 1 aromatic heterocycles. The van der Waals surface area contributed by atoms with Crippen LogP contribution in [0.3, 0.4) is 0 Å². The van der Waals surface area contributed by atoms with Crippen molar-refractivity contribution in [3.63, 3.8) is 0 Å². The largest absolute Gasteiger partial charge is 0.516 e. The van der Waals surface area contributed by atoms with Crippen LogP contribution in [0.25, 0.3) is 0 Å². The van der Waals surface area contributed by atoms with Crippen LogP contribution in [-0.2, 0) is 10.0 Å². The molecule has 1 saturated heterocycles. The molecule has 1 aliphatic heterocycles. The van der Waals surface area contributed by atoms with Crippen molar-refractivity contribution in [1.82, 2.24) is 15.0 Å². The van der Waals surface area contributed by atoms with E-state index in [0.29, 0.717) is 29.1 Å². The fraction of sp³-hybridized carbons (Fsp3) is 0.323. The molecule has 0 aliphatic carbocycles. The Morgan fingerprint density at radius 1 is 0.761 bits per heavy atom. The minimum atomic E-state index is -5.72. The third-order valence-corrected chi connectivity index (χ3v) is 10.8.